The summed E-state index contributed by atoms with van der Waals surface area (Å²) in [5, 5.41) is 9.12. The minimum Gasteiger partial charge on any atom is -0.391 e. The number of hydrogen-bond donors (Lipinski definition) is 1. The van der Waals surface area contributed by atoms with Crippen LogP contribution in [0.2, 0.25) is 0 Å². The van der Waals surface area contributed by atoms with E-state index in [1.807, 2.05) is 0 Å². The maximum Gasteiger partial charge on any atom is 0.245 e. The summed E-state index contributed by atoms with van der Waals surface area (Å²) in [6, 6.07) is 1.56. The summed E-state index contributed by atoms with van der Waals surface area (Å²) >= 11 is 4.56. The van der Waals surface area contributed by atoms with Crippen LogP contribution >= 0.6 is 27.3 Å². The highest BCUT2D eigenvalue weighted by Crippen LogP contribution is 2.35. The van der Waals surface area contributed by atoms with Crippen LogP contribution in [0.4, 0.5) is 0 Å². The molecule has 0 aromatic carbocycles. The average molecular weight is 368 g/mol. The lowest BCUT2D eigenvalue weighted by molar-refractivity contribution is 0.222. The van der Waals surface area contributed by atoms with Gasteiger partial charge in [0.2, 0.25) is 10.0 Å². The van der Waals surface area contributed by atoms with E-state index in [1.54, 1.807) is 10.4 Å². The van der Waals surface area contributed by atoms with Crippen molar-refractivity contribution in [1.29, 1.82) is 0 Å². The minimum atomic E-state index is -3.46. The van der Waals surface area contributed by atoms with Crippen molar-refractivity contribution in [2.45, 2.75) is 31.8 Å². The first kappa shape index (κ1) is 15.4. The smallest absolute Gasteiger partial charge is 0.245 e. The van der Waals surface area contributed by atoms with Crippen LogP contribution in [0.15, 0.2) is 14.7 Å². The fraction of sp³-hybridized carbons (Fsp3) is 0.667. The van der Waals surface area contributed by atoms with E-state index in [4.69, 9.17) is 5.11 Å². The Morgan fingerprint density at radius 2 is 2.00 bits per heavy atom. The molecule has 4 nitrogen and oxygen atoms in total. The summed E-state index contributed by atoms with van der Waals surface area (Å²) in [6.45, 7) is 5.18. The van der Waals surface area contributed by atoms with Crippen molar-refractivity contribution in [2.75, 3.05) is 13.1 Å². The lowest BCUT2D eigenvalue weighted by Gasteiger charge is -2.33. The Balaban J connectivity index is 2.33. The normalized spacial score (nSPS) is 25.7. The summed E-state index contributed by atoms with van der Waals surface area (Å²) in [7, 11) is -3.46. The molecule has 2 unspecified atom stereocenters. The molecule has 1 aliphatic heterocycles. The molecular weight excluding hydrogens is 350 g/mol. The molecular formula is C12H18BrNO3S2. The average Bonchev–Trinajstić information content (AvgIpc) is 2.70. The molecule has 7 heteroatoms. The number of hydrogen-bond acceptors (Lipinski definition) is 4. The molecule has 1 saturated heterocycles. The molecule has 0 saturated carbocycles. The first-order valence-electron chi connectivity index (χ1n) is 6.23. The van der Waals surface area contributed by atoms with Crippen molar-refractivity contribution in [3.63, 3.8) is 0 Å². The van der Waals surface area contributed by atoms with Gasteiger partial charge >= 0.3 is 0 Å². The van der Waals surface area contributed by atoms with Gasteiger partial charge < -0.3 is 5.11 Å². The summed E-state index contributed by atoms with van der Waals surface area (Å²) in [4.78, 5) is 0.936. The van der Waals surface area contributed by atoms with Crippen molar-refractivity contribution < 1.29 is 13.5 Å². The number of piperidine rings is 1. The fourth-order valence-corrected chi connectivity index (χ4v) is 6.76. The van der Waals surface area contributed by atoms with Crippen molar-refractivity contribution >= 4 is 37.3 Å². The summed E-state index contributed by atoms with van der Waals surface area (Å²) < 4.78 is 27.4. The van der Waals surface area contributed by atoms with Gasteiger partial charge in [0.1, 0.15) is 4.90 Å². The topological polar surface area (TPSA) is 57.6 Å². The lowest BCUT2D eigenvalue weighted by Crippen LogP contribution is -2.42. The molecule has 1 aromatic rings. The second kappa shape index (κ2) is 5.81. The third kappa shape index (κ3) is 3.21. The van der Waals surface area contributed by atoms with Crippen LogP contribution in [-0.4, -0.2) is 30.9 Å². The van der Waals surface area contributed by atoms with E-state index in [0.717, 1.165) is 6.42 Å². The fourth-order valence-electron chi connectivity index (χ4n) is 2.59. The van der Waals surface area contributed by atoms with Gasteiger partial charge in [-0.05, 0) is 40.3 Å². The second-order valence-corrected chi connectivity index (χ2v) is 9.64. The van der Waals surface area contributed by atoms with Gasteiger partial charge in [-0.15, -0.1) is 11.3 Å². The van der Waals surface area contributed by atoms with E-state index >= 15 is 0 Å². The standard InChI is InChI=1S/C12H18BrNO3S2/c1-8-3-9(2)6-14(5-8)19(16,17)11-4-10(7-15)18-12(11)13/h4,8-9,15H,3,5-7H2,1-2H3. The number of aliphatic hydroxyl groups is 1. The monoisotopic (exact) mass is 367 g/mol. The maximum atomic E-state index is 12.6. The third-order valence-electron chi connectivity index (χ3n) is 3.32. The molecule has 2 atom stereocenters. The molecule has 1 aromatic heterocycles. The number of nitrogens with zero attached hydrogens (tertiary/aromatic N) is 1. The first-order chi connectivity index (χ1) is 8.84. The summed E-state index contributed by atoms with van der Waals surface area (Å²) in [5.41, 5.74) is 0. The van der Waals surface area contributed by atoms with Gasteiger partial charge in [0.25, 0.3) is 0 Å². The predicted molar refractivity (Wildman–Crippen MR) is 79.6 cm³/mol. The SMILES string of the molecule is CC1CC(C)CN(S(=O)(=O)c2cc(CO)sc2Br)C1. The van der Waals surface area contributed by atoms with E-state index in [0.29, 0.717) is 33.6 Å². The number of rotatable bonds is 3. The van der Waals surface area contributed by atoms with E-state index in [2.05, 4.69) is 29.8 Å². The molecule has 2 rings (SSSR count). The first-order valence-corrected chi connectivity index (χ1v) is 9.28. The Kier molecular flexibility index (Phi) is 4.72. The van der Waals surface area contributed by atoms with Gasteiger partial charge in [0, 0.05) is 18.0 Å². The largest absolute Gasteiger partial charge is 0.391 e. The highest BCUT2D eigenvalue weighted by molar-refractivity contribution is 9.11. The molecule has 2 heterocycles. The maximum absolute atomic E-state index is 12.6. The van der Waals surface area contributed by atoms with Crippen LogP contribution in [0.25, 0.3) is 0 Å². The van der Waals surface area contributed by atoms with Crippen LogP contribution in [0.5, 0.6) is 0 Å². The zero-order chi connectivity index (χ0) is 14.2. The zero-order valence-electron chi connectivity index (χ0n) is 11.0. The van der Waals surface area contributed by atoms with Crippen molar-refractivity contribution in [3.05, 3.63) is 14.7 Å². The highest BCUT2D eigenvalue weighted by atomic mass is 79.9. The molecule has 0 radical (unpaired) electrons. The Hall–Kier alpha value is 0.0500. The molecule has 0 aliphatic carbocycles. The van der Waals surface area contributed by atoms with Gasteiger partial charge in [-0.3, -0.25) is 0 Å². The zero-order valence-corrected chi connectivity index (χ0v) is 14.2. The minimum absolute atomic E-state index is 0.133. The van der Waals surface area contributed by atoms with E-state index < -0.39 is 10.0 Å². The van der Waals surface area contributed by atoms with Gasteiger partial charge in [0.05, 0.1) is 10.4 Å². The second-order valence-electron chi connectivity index (χ2n) is 5.28. The molecule has 108 valence electrons. The highest BCUT2D eigenvalue weighted by Gasteiger charge is 2.33. The summed E-state index contributed by atoms with van der Waals surface area (Å²) in [6.07, 6.45) is 1.07. The van der Waals surface area contributed by atoms with Crippen LogP contribution in [0.1, 0.15) is 25.1 Å². The molecule has 1 fully saturated rings. The molecule has 0 spiro atoms. The molecule has 1 aliphatic rings. The number of aliphatic hydroxyl groups excluding tert-OH is 1. The number of thiophene rings is 1. The van der Waals surface area contributed by atoms with E-state index in [1.165, 1.54) is 11.3 Å². The molecule has 1 N–H and O–H groups in total. The van der Waals surface area contributed by atoms with Crippen molar-refractivity contribution in [2.24, 2.45) is 11.8 Å². The van der Waals surface area contributed by atoms with Gasteiger partial charge in [-0.2, -0.15) is 4.31 Å². The number of halogens is 1. The van der Waals surface area contributed by atoms with Crippen molar-refractivity contribution in [3.8, 4) is 0 Å². The quantitative estimate of drug-likeness (QED) is 0.893. The van der Waals surface area contributed by atoms with Crippen LogP contribution in [0.3, 0.4) is 0 Å². The molecule has 0 bridgehead atoms. The van der Waals surface area contributed by atoms with Crippen LogP contribution in [-0.2, 0) is 16.6 Å². The molecule has 19 heavy (non-hydrogen) atoms. The van der Waals surface area contributed by atoms with Gasteiger partial charge in [-0.25, -0.2) is 8.42 Å². The van der Waals surface area contributed by atoms with E-state index in [-0.39, 0.29) is 11.5 Å². The van der Waals surface area contributed by atoms with Crippen LogP contribution in [0, 0.1) is 11.8 Å². The summed E-state index contributed by atoms with van der Waals surface area (Å²) in [5.74, 6) is 0.765. The predicted octanol–water partition coefficient (Wildman–Crippen LogP) is 2.67. The van der Waals surface area contributed by atoms with Gasteiger partial charge in [-0.1, -0.05) is 13.8 Å². The van der Waals surface area contributed by atoms with E-state index in [9.17, 15) is 8.42 Å². The Bertz CT molecular complexity index is 545. The third-order valence-corrected chi connectivity index (χ3v) is 7.38. The molecule has 0 amide bonds. The Morgan fingerprint density at radius 1 is 1.42 bits per heavy atom. The lowest BCUT2D eigenvalue weighted by atomic mass is 9.94. The Morgan fingerprint density at radius 3 is 2.47 bits per heavy atom. The van der Waals surface area contributed by atoms with Gasteiger partial charge in [0.15, 0.2) is 0 Å². The number of sulfonamides is 1. The van der Waals surface area contributed by atoms with Crippen LogP contribution < -0.4 is 0 Å². The van der Waals surface area contributed by atoms with Crippen molar-refractivity contribution in [1.82, 2.24) is 4.31 Å². The Labute approximate surface area is 126 Å².